The Labute approximate surface area is 164 Å². The molecular formula is C20H24N2O6. The van der Waals surface area contributed by atoms with Gasteiger partial charge in [0, 0.05) is 0 Å². The van der Waals surface area contributed by atoms with E-state index in [1.54, 1.807) is 32.9 Å². The number of benzene rings is 1. The summed E-state index contributed by atoms with van der Waals surface area (Å²) in [5.41, 5.74) is 6.76. The number of allylic oxidation sites excluding steroid dienone is 2. The lowest BCUT2D eigenvalue weighted by atomic mass is 9.82. The maximum atomic E-state index is 12.8. The molecule has 0 radical (unpaired) electrons. The summed E-state index contributed by atoms with van der Waals surface area (Å²) in [7, 11) is 4.45. The maximum Gasteiger partial charge on any atom is 0.338 e. The van der Waals surface area contributed by atoms with E-state index >= 15 is 0 Å². The van der Waals surface area contributed by atoms with Crippen LogP contribution in [-0.2, 0) is 14.3 Å². The molecule has 0 bridgehead atoms. The van der Waals surface area contributed by atoms with Crippen LogP contribution in [-0.4, -0.2) is 33.4 Å². The van der Waals surface area contributed by atoms with E-state index in [1.807, 2.05) is 6.07 Å². The van der Waals surface area contributed by atoms with Gasteiger partial charge in [-0.05, 0) is 38.5 Å². The minimum absolute atomic E-state index is 0.0696. The molecule has 0 aromatic heterocycles. The van der Waals surface area contributed by atoms with Crippen molar-refractivity contribution in [1.29, 1.82) is 5.26 Å². The minimum Gasteiger partial charge on any atom is -0.493 e. The summed E-state index contributed by atoms with van der Waals surface area (Å²) in [5, 5.41) is 9.68. The predicted molar refractivity (Wildman–Crippen MR) is 101 cm³/mol. The summed E-state index contributed by atoms with van der Waals surface area (Å²) in [6.45, 7) is 5.07. The Balaban J connectivity index is 2.74. The van der Waals surface area contributed by atoms with Crippen LogP contribution < -0.4 is 19.9 Å². The lowest BCUT2D eigenvalue weighted by Gasteiger charge is -2.28. The molecule has 0 saturated carbocycles. The second-order valence-corrected chi connectivity index (χ2v) is 6.31. The number of rotatable bonds is 6. The van der Waals surface area contributed by atoms with Gasteiger partial charge >= 0.3 is 5.97 Å². The third-order valence-corrected chi connectivity index (χ3v) is 4.19. The molecule has 1 heterocycles. The number of nitrogens with two attached hydrogens (primary N) is 1. The molecule has 1 aromatic carbocycles. The van der Waals surface area contributed by atoms with Gasteiger partial charge in [-0.25, -0.2) is 4.79 Å². The van der Waals surface area contributed by atoms with Gasteiger partial charge in [0.1, 0.15) is 17.4 Å². The zero-order valence-electron chi connectivity index (χ0n) is 16.8. The molecule has 0 unspecified atom stereocenters. The monoisotopic (exact) mass is 388 g/mol. The largest absolute Gasteiger partial charge is 0.493 e. The van der Waals surface area contributed by atoms with Gasteiger partial charge in [-0.3, -0.25) is 0 Å². The summed E-state index contributed by atoms with van der Waals surface area (Å²) in [4.78, 5) is 12.8. The van der Waals surface area contributed by atoms with Gasteiger partial charge in [-0.15, -0.1) is 0 Å². The third kappa shape index (κ3) is 3.83. The first-order valence-electron chi connectivity index (χ1n) is 8.58. The molecule has 2 N–H and O–H groups in total. The Morgan fingerprint density at radius 3 is 2.18 bits per heavy atom. The van der Waals surface area contributed by atoms with Crippen molar-refractivity contribution in [2.75, 3.05) is 21.3 Å². The highest BCUT2D eigenvalue weighted by atomic mass is 16.5. The molecule has 8 heteroatoms. The van der Waals surface area contributed by atoms with Gasteiger partial charge in [0.25, 0.3) is 0 Å². The quantitative estimate of drug-likeness (QED) is 0.740. The Morgan fingerprint density at radius 1 is 1.18 bits per heavy atom. The van der Waals surface area contributed by atoms with Crippen molar-refractivity contribution in [1.82, 2.24) is 0 Å². The van der Waals surface area contributed by atoms with Crippen LogP contribution in [0, 0.1) is 11.3 Å². The second-order valence-electron chi connectivity index (χ2n) is 6.31. The number of carbonyl (C=O) groups is 1. The van der Waals surface area contributed by atoms with E-state index in [4.69, 9.17) is 29.4 Å². The van der Waals surface area contributed by atoms with Crippen molar-refractivity contribution in [3.05, 3.63) is 40.5 Å². The topological polar surface area (TPSA) is 113 Å². The first-order chi connectivity index (χ1) is 13.3. The molecule has 1 aliphatic rings. The van der Waals surface area contributed by atoms with Crippen molar-refractivity contribution < 1.29 is 28.5 Å². The fraction of sp³-hybridized carbons (Fsp3) is 0.400. The van der Waals surface area contributed by atoms with Gasteiger partial charge in [0.05, 0.1) is 38.9 Å². The standard InChI is InChI=1S/C20H24N2O6/c1-10(2)27-20(23)16-11(3)28-19(22)13(9-21)17(16)12-7-14(24-4)18(26-6)15(8-12)25-5/h7-8,10,17H,22H2,1-6H3/t17-/m0/s1. The number of ether oxygens (including phenoxy) is 5. The van der Waals surface area contributed by atoms with E-state index in [0.29, 0.717) is 22.8 Å². The third-order valence-electron chi connectivity index (χ3n) is 4.19. The molecule has 0 fully saturated rings. The summed E-state index contributed by atoms with van der Waals surface area (Å²) >= 11 is 0. The normalized spacial score (nSPS) is 16.4. The molecule has 0 aliphatic carbocycles. The first-order valence-corrected chi connectivity index (χ1v) is 8.58. The van der Waals surface area contributed by atoms with Crippen LogP contribution in [0.25, 0.3) is 0 Å². The molecule has 28 heavy (non-hydrogen) atoms. The molecule has 2 rings (SSSR count). The molecule has 1 aromatic rings. The number of hydrogen-bond donors (Lipinski definition) is 1. The number of esters is 1. The van der Waals surface area contributed by atoms with Crippen LogP contribution in [0.15, 0.2) is 34.9 Å². The summed E-state index contributed by atoms with van der Waals surface area (Å²) in [5.74, 6) is -0.0453. The molecule has 150 valence electrons. The second kappa shape index (κ2) is 8.57. The number of carbonyl (C=O) groups excluding carboxylic acids is 1. The van der Waals surface area contributed by atoms with Crippen LogP contribution in [0.2, 0.25) is 0 Å². The molecular weight excluding hydrogens is 364 g/mol. The SMILES string of the molecule is COc1cc([C@H]2C(C#N)=C(N)OC(C)=C2C(=O)OC(C)C)cc(OC)c1OC. The molecule has 0 amide bonds. The van der Waals surface area contributed by atoms with Crippen molar-refractivity contribution in [2.24, 2.45) is 5.73 Å². The van der Waals surface area contributed by atoms with Crippen LogP contribution in [0.1, 0.15) is 32.3 Å². The van der Waals surface area contributed by atoms with Crippen molar-refractivity contribution in [3.8, 4) is 23.3 Å². The number of nitrogens with zero attached hydrogens (tertiary/aromatic N) is 1. The predicted octanol–water partition coefficient (Wildman–Crippen LogP) is 2.75. The molecule has 0 spiro atoms. The first kappa shape index (κ1) is 21.0. The number of methoxy groups -OCH3 is 3. The van der Waals surface area contributed by atoms with Gasteiger partial charge in [-0.2, -0.15) is 5.26 Å². The minimum atomic E-state index is -0.807. The van der Waals surface area contributed by atoms with E-state index < -0.39 is 11.9 Å². The van der Waals surface area contributed by atoms with Gasteiger partial charge in [0.15, 0.2) is 11.5 Å². The van der Waals surface area contributed by atoms with E-state index in [1.165, 1.54) is 21.3 Å². The van der Waals surface area contributed by atoms with Crippen molar-refractivity contribution in [2.45, 2.75) is 32.8 Å². The fourth-order valence-corrected chi connectivity index (χ4v) is 3.02. The number of hydrogen-bond acceptors (Lipinski definition) is 8. The highest BCUT2D eigenvalue weighted by Gasteiger charge is 2.37. The average Bonchev–Trinajstić information content (AvgIpc) is 2.65. The van der Waals surface area contributed by atoms with Crippen LogP contribution in [0.3, 0.4) is 0 Å². The Bertz CT molecular complexity index is 854. The van der Waals surface area contributed by atoms with Crippen LogP contribution >= 0.6 is 0 Å². The Morgan fingerprint density at radius 2 is 1.75 bits per heavy atom. The van der Waals surface area contributed by atoms with E-state index in [-0.39, 0.29) is 28.9 Å². The van der Waals surface area contributed by atoms with Gasteiger partial charge < -0.3 is 29.4 Å². The smallest absolute Gasteiger partial charge is 0.338 e. The zero-order chi connectivity index (χ0) is 21.0. The summed E-state index contributed by atoms with van der Waals surface area (Å²) in [6, 6.07) is 5.37. The lowest BCUT2D eigenvalue weighted by molar-refractivity contribution is -0.143. The number of nitriles is 1. The Kier molecular flexibility index (Phi) is 6.41. The Hall–Kier alpha value is -3.34. The van der Waals surface area contributed by atoms with Crippen molar-refractivity contribution >= 4 is 5.97 Å². The van der Waals surface area contributed by atoms with Crippen LogP contribution in [0.4, 0.5) is 0 Å². The summed E-state index contributed by atoms with van der Waals surface area (Å²) in [6.07, 6.45) is -0.345. The maximum absolute atomic E-state index is 12.8. The van der Waals surface area contributed by atoms with E-state index in [9.17, 15) is 10.1 Å². The van der Waals surface area contributed by atoms with E-state index in [2.05, 4.69) is 0 Å². The molecule has 1 atom stereocenters. The molecule has 1 aliphatic heterocycles. The fourth-order valence-electron chi connectivity index (χ4n) is 3.02. The van der Waals surface area contributed by atoms with Crippen LogP contribution in [0.5, 0.6) is 17.2 Å². The highest BCUT2D eigenvalue weighted by molar-refractivity contribution is 5.92. The van der Waals surface area contributed by atoms with Gasteiger partial charge in [0.2, 0.25) is 11.6 Å². The highest BCUT2D eigenvalue weighted by Crippen LogP contribution is 2.45. The summed E-state index contributed by atoms with van der Waals surface area (Å²) < 4.78 is 26.9. The lowest BCUT2D eigenvalue weighted by Crippen LogP contribution is -2.26. The molecule has 8 nitrogen and oxygen atoms in total. The van der Waals surface area contributed by atoms with E-state index in [0.717, 1.165) is 0 Å². The average molecular weight is 388 g/mol. The zero-order valence-corrected chi connectivity index (χ0v) is 16.8. The molecule has 0 saturated heterocycles. The van der Waals surface area contributed by atoms with Crippen molar-refractivity contribution in [3.63, 3.8) is 0 Å². The van der Waals surface area contributed by atoms with Gasteiger partial charge in [-0.1, -0.05) is 0 Å².